The molecular weight excluding hydrogens is 373 g/mol. The minimum Gasteiger partial charge on any atom is -0.482 e. The van der Waals surface area contributed by atoms with Gasteiger partial charge in [0.25, 0.3) is 0 Å². The molecule has 26 heavy (non-hydrogen) atoms. The molecule has 0 aliphatic rings. The van der Waals surface area contributed by atoms with Gasteiger partial charge in [0.05, 0.1) is 5.02 Å². The van der Waals surface area contributed by atoms with Gasteiger partial charge in [-0.05, 0) is 30.2 Å². The number of benzene rings is 2. The number of rotatable bonds is 7. The van der Waals surface area contributed by atoms with Gasteiger partial charge in [-0.2, -0.15) is 10.2 Å². The van der Waals surface area contributed by atoms with Gasteiger partial charge in [0, 0.05) is 11.6 Å². The highest BCUT2D eigenvalue weighted by Crippen LogP contribution is 2.28. The molecule has 1 N–H and O–H groups in total. The van der Waals surface area contributed by atoms with Gasteiger partial charge < -0.3 is 14.5 Å². The summed E-state index contributed by atoms with van der Waals surface area (Å²) in [5.41, 5.74) is 1.39. The van der Waals surface area contributed by atoms with Crippen LogP contribution >= 0.6 is 23.2 Å². The Balaban J connectivity index is 1.60. The van der Waals surface area contributed by atoms with E-state index in [1.54, 1.807) is 18.2 Å². The van der Waals surface area contributed by atoms with Gasteiger partial charge in [-0.25, -0.2) is 0 Å². The van der Waals surface area contributed by atoms with Gasteiger partial charge >= 0.3 is 0 Å². The molecule has 0 unspecified atom stereocenters. The van der Waals surface area contributed by atoms with E-state index in [4.69, 9.17) is 32.4 Å². The van der Waals surface area contributed by atoms with Crippen molar-refractivity contribution in [2.45, 2.75) is 13.0 Å². The van der Waals surface area contributed by atoms with E-state index in [0.29, 0.717) is 28.2 Å². The van der Waals surface area contributed by atoms with Crippen LogP contribution in [0, 0.1) is 11.3 Å². The zero-order valence-electron chi connectivity index (χ0n) is 13.7. The maximum Gasteiger partial charge on any atom is 0.236 e. The lowest BCUT2D eigenvalue weighted by molar-refractivity contribution is 0.265. The van der Waals surface area contributed by atoms with E-state index in [0.717, 1.165) is 6.42 Å². The van der Waals surface area contributed by atoms with Crippen molar-refractivity contribution in [2.75, 3.05) is 11.9 Å². The van der Waals surface area contributed by atoms with Gasteiger partial charge in [-0.1, -0.05) is 53.5 Å². The SMILES string of the molecule is N#Cc1nc(COc2ccc(Cl)cc2Cl)oc1NCCc1ccccc1. The molecule has 0 aliphatic carbocycles. The van der Waals surface area contributed by atoms with E-state index < -0.39 is 0 Å². The number of nitriles is 1. The number of hydrogen-bond acceptors (Lipinski definition) is 5. The van der Waals surface area contributed by atoms with Crippen LogP contribution in [0.1, 0.15) is 17.1 Å². The number of anilines is 1. The monoisotopic (exact) mass is 387 g/mol. The Kier molecular flexibility index (Phi) is 6.00. The first-order valence-electron chi connectivity index (χ1n) is 7.91. The van der Waals surface area contributed by atoms with Crippen LogP contribution < -0.4 is 10.1 Å². The fourth-order valence-corrected chi connectivity index (χ4v) is 2.78. The maximum absolute atomic E-state index is 9.22. The molecule has 0 saturated carbocycles. The number of nitrogens with one attached hydrogen (secondary N) is 1. The van der Waals surface area contributed by atoms with Crippen LogP contribution in [-0.4, -0.2) is 11.5 Å². The number of nitrogens with zero attached hydrogens (tertiary/aromatic N) is 2. The quantitative estimate of drug-likeness (QED) is 0.611. The van der Waals surface area contributed by atoms with Gasteiger partial charge in [-0.3, -0.25) is 0 Å². The zero-order chi connectivity index (χ0) is 18.4. The number of halogens is 2. The lowest BCUT2D eigenvalue weighted by Gasteiger charge is -2.06. The largest absolute Gasteiger partial charge is 0.482 e. The van der Waals surface area contributed by atoms with Crippen molar-refractivity contribution in [3.8, 4) is 11.8 Å². The average molecular weight is 388 g/mol. The molecule has 1 heterocycles. The van der Waals surface area contributed by atoms with Crippen molar-refractivity contribution < 1.29 is 9.15 Å². The first-order valence-corrected chi connectivity index (χ1v) is 8.67. The summed E-state index contributed by atoms with van der Waals surface area (Å²) in [6, 6.07) is 17.0. The Morgan fingerprint density at radius 1 is 1.15 bits per heavy atom. The van der Waals surface area contributed by atoms with E-state index in [2.05, 4.69) is 10.3 Å². The van der Waals surface area contributed by atoms with E-state index >= 15 is 0 Å². The molecule has 2 aromatic carbocycles. The summed E-state index contributed by atoms with van der Waals surface area (Å²) in [7, 11) is 0. The second-order valence-corrected chi connectivity index (χ2v) is 6.27. The third-order valence-electron chi connectivity index (χ3n) is 3.56. The highest BCUT2D eigenvalue weighted by Gasteiger charge is 2.14. The zero-order valence-corrected chi connectivity index (χ0v) is 15.2. The fraction of sp³-hybridized carbons (Fsp3) is 0.158. The van der Waals surface area contributed by atoms with E-state index in [1.165, 1.54) is 5.56 Å². The summed E-state index contributed by atoms with van der Waals surface area (Å²) < 4.78 is 11.2. The number of ether oxygens (including phenoxy) is 1. The molecule has 0 amide bonds. The normalized spacial score (nSPS) is 10.3. The summed E-state index contributed by atoms with van der Waals surface area (Å²) in [6.07, 6.45) is 0.804. The topological polar surface area (TPSA) is 71.1 Å². The molecule has 0 aliphatic heterocycles. The summed E-state index contributed by atoms with van der Waals surface area (Å²) in [5.74, 6) is 1.09. The van der Waals surface area contributed by atoms with Crippen molar-refractivity contribution in [2.24, 2.45) is 0 Å². The van der Waals surface area contributed by atoms with Crippen molar-refractivity contribution >= 4 is 29.1 Å². The second kappa shape index (κ2) is 8.61. The molecule has 5 nitrogen and oxygen atoms in total. The molecule has 0 fully saturated rings. The maximum atomic E-state index is 9.22. The molecule has 0 radical (unpaired) electrons. The molecule has 1 aromatic heterocycles. The smallest absolute Gasteiger partial charge is 0.236 e. The van der Waals surface area contributed by atoms with Crippen LogP contribution in [0.2, 0.25) is 10.0 Å². The Labute approximate surface area is 161 Å². The van der Waals surface area contributed by atoms with Crippen LogP contribution in [0.15, 0.2) is 52.9 Å². The fourth-order valence-electron chi connectivity index (χ4n) is 2.32. The highest BCUT2D eigenvalue weighted by atomic mass is 35.5. The van der Waals surface area contributed by atoms with Gasteiger partial charge in [-0.15, -0.1) is 0 Å². The van der Waals surface area contributed by atoms with Gasteiger partial charge in [0.15, 0.2) is 6.61 Å². The van der Waals surface area contributed by atoms with Crippen LogP contribution in [-0.2, 0) is 13.0 Å². The Bertz CT molecular complexity index is 920. The van der Waals surface area contributed by atoms with Crippen molar-refractivity contribution in [1.82, 2.24) is 4.98 Å². The average Bonchev–Trinajstić information content (AvgIpc) is 3.04. The van der Waals surface area contributed by atoms with Crippen LogP contribution in [0.3, 0.4) is 0 Å². The number of oxazole rings is 1. The summed E-state index contributed by atoms with van der Waals surface area (Å²) in [4.78, 5) is 4.13. The Morgan fingerprint density at radius 2 is 1.96 bits per heavy atom. The van der Waals surface area contributed by atoms with Gasteiger partial charge in [0.2, 0.25) is 17.5 Å². The summed E-state index contributed by atoms with van der Waals surface area (Å²) in [5, 5.41) is 13.2. The predicted octanol–water partition coefficient (Wildman–Crippen LogP) is 5.09. The van der Waals surface area contributed by atoms with Gasteiger partial charge in [0.1, 0.15) is 11.8 Å². The van der Waals surface area contributed by atoms with E-state index in [1.807, 2.05) is 36.4 Å². The molecule has 7 heteroatoms. The van der Waals surface area contributed by atoms with E-state index in [-0.39, 0.29) is 18.2 Å². The minimum atomic E-state index is 0.0520. The van der Waals surface area contributed by atoms with Crippen LogP contribution in [0.4, 0.5) is 5.88 Å². The Hall–Kier alpha value is -2.68. The van der Waals surface area contributed by atoms with Crippen LogP contribution in [0.5, 0.6) is 5.75 Å². The molecular formula is C19H15Cl2N3O2. The van der Waals surface area contributed by atoms with Crippen LogP contribution in [0.25, 0.3) is 0 Å². The lowest BCUT2D eigenvalue weighted by atomic mass is 10.1. The number of hydrogen-bond donors (Lipinski definition) is 1. The van der Waals surface area contributed by atoms with Crippen molar-refractivity contribution in [3.63, 3.8) is 0 Å². The summed E-state index contributed by atoms with van der Waals surface area (Å²) in [6.45, 7) is 0.674. The summed E-state index contributed by atoms with van der Waals surface area (Å²) >= 11 is 11.9. The third kappa shape index (κ3) is 4.69. The molecule has 0 saturated heterocycles. The lowest BCUT2D eigenvalue weighted by Crippen LogP contribution is -2.05. The molecule has 3 aromatic rings. The molecule has 3 rings (SSSR count). The number of aromatic nitrogens is 1. The predicted molar refractivity (Wildman–Crippen MR) is 101 cm³/mol. The third-order valence-corrected chi connectivity index (χ3v) is 4.09. The van der Waals surface area contributed by atoms with Crippen molar-refractivity contribution in [3.05, 3.63) is 75.7 Å². The van der Waals surface area contributed by atoms with Crippen molar-refractivity contribution in [1.29, 1.82) is 5.26 Å². The minimum absolute atomic E-state index is 0.0520. The first-order chi connectivity index (χ1) is 12.7. The Morgan fingerprint density at radius 3 is 2.69 bits per heavy atom. The standard InChI is InChI=1S/C19H15Cl2N3O2/c20-14-6-7-17(15(21)10-14)25-12-18-24-16(11-22)19(26-18)23-9-8-13-4-2-1-3-5-13/h1-7,10,23H,8-9,12H2. The highest BCUT2D eigenvalue weighted by molar-refractivity contribution is 6.35. The molecule has 0 atom stereocenters. The molecule has 132 valence electrons. The first kappa shape index (κ1) is 18.1. The van der Waals surface area contributed by atoms with E-state index in [9.17, 15) is 5.26 Å². The second-order valence-electron chi connectivity index (χ2n) is 5.42. The molecule has 0 bridgehead atoms. The molecule has 0 spiro atoms.